The number of nitrogens with one attached hydrogen (secondary N) is 2. The first kappa shape index (κ1) is 17.0. The Morgan fingerprint density at radius 2 is 1.73 bits per heavy atom. The molecule has 0 radical (unpaired) electrons. The monoisotopic (exact) mass is 328 g/mol. The van der Waals surface area contributed by atoms with Crippen molar-refractivity contribution in [2.24, 2.45) is 0 Å². The highest BCUT2D eigenvalue weighted by Gasteiger charge is 2.12. The zero-order valence-corrected chi connectivity index (χ0v) is 13.9. The first-order chi connectivity index (χ1) is 10.5. The SMILES string of the molecule is CN(C)S(=O)(=O)Nc1ccc(NCCN2CCOCC2)cc1. The summed E-state index contributed by atoms with van der Waals surface area (Å²) >= 11 is 0. The van der Waals surface area contributed by atoms with Gasteiger partial charge in [-0.05, 0) is 24.3 Å². The fourth-order valence-corrected chi connectivity index (χ4v) is 2.70. The third-order valence-electron chi connectivity index (χ3n) is 3.47. The van der Waals surface area contributed by atoms with Gasteiger partial charge in [0.1, 0.15) is 0 Å². The molecule has 0 aromatic heterocycles. The average molecular weight is 328 g/mol. The summed E-state index contributed by atoms with van der Waals surface area (Å²) in [6, 6.07) is 7.23. The van der Waals surface area contributed by atoms with E-state index in [1.54, 1.807) is 12.1 Å². The van der Waals surface area contributed by atoms with E-state index in [0.717, 1.165) is 49.4 Å². The van der Waals surface area contributed by atoms with Crippen molar-refractivity contribution in [1.82, 2.24) is 9.21 Å². The van der Waals surface area contributed by atoms with Crippen LogP contribution in [0.1, 0.15) is 0 Å². The number of benzene rings is 1. The van der Waals surface area contributed by atoms with Crippen molar-refractivity contribution in [2.75, 3.05) is 63.5 Å². The average Bonchev–Trinajstić information content (AvgIpc) is 2.50. The normalized spacial score (nSPS) is 16.7. The molecule has 2 rings (SSSR count). The molecule has 1 aromatic carbocycles. The lowest BCUT2D eigenvalue weighted by Crippen LogP contribution is -2.38. The molecule has 124 valence electrons. The van der Waals surface area contributed by atoms with Crippen LogP contribution in [0.25, 0.3) is 0 Å². The first-order valence-electron chi connectivity index (χ1n) is 7.32. The summed E-state index contributed by atoms with van der Waals surface area (Å²) in [6.07, 6.45) is 0. The maximum atomic E-state index is 11.7. The van der Waals surface area contributed by atoms with Gasteiger partial charge in [-0.25, -0.2) is 0 Å². The predicted octanol–water partition coefficient (Wildman–Crippen LogP) is 0.649. The highest BCUT2D eigenvalue weighted by Crippen LogP contribution is 2.15. The fourth-order valence-electron chi connectivity index (χ4n) is 2.08. The van der Waals surface area contributed by atoms with Gasteiger partial charge < -0.3 is 10.1 Å². The van der Waals surface area contributed by atoms with Gasteiger partial charge in [0, 0.05) is 51.6 Å². The Kier molecular flexibility index (Phi) is 6.01. The molecule has 0 aliphatic carbocycles. The van der Waals surface area contributed by atoms with Crippen molar-refractivity contribution in [3.63, 3.8) is 0 Å². The van der Waals surface area contributed by atoms with Gasteiger partial charge in [0.05, 0.1) is 13.2 Å². The molecule has 22 heavy (non-hydrogen) atoms. The van der Waals surface area contributed by atoms with Crippen LogP contribution in [-0.4, -0.2) is 71.1 Å². The topological polar surface area (TPSA) is 73.9 Å². The summed E-state index contributed by atoms with van der Waals surface area (Å²) in [5, 5.41) is 3.33. The fraction of sp³-hybridized carbons (Fsp3) is 0.571. The molecule has 1 aromatic rings. The predicted molar refractivity (Wildman–Crippen MR) is 88.4 cm³/mol. The van der Waals surface area contributed by atoms with Gasteiger partial charge in [0.25, 0.3) is 0 Å². The standard InChI is InChI=1S/C14H24N4O3S/c1-17(2)22(19,20)16-14-5-3-13(4-6-14)15-7-8-18-9-11-21-12-10-18/h3-6,15-16H,7-12H2,1-2H3. The third kappa shape index (κ3) is 5.13. The lowest BCUT2D eigenvalue weighted by Gasteiger charge is -2.26. The molecule has 0 unspecified atom stereocenters. The minimum atomic E-state index is -3.45. The Bertz CT molecular complexity index is 554. The first-order valence-corrected chi connectivity index (χ1v) is 8.76. The van der Waals surface area contributed by atoms with Crippen LogP contribution in [0.3, 0.4) is 0 Å². The molecule has 1 aliphatic heterocycles. The van der Waals surface area contributed by atoms with Crippen LogP contribution in [0.5, 0.6) is 0 Å². The van der Waals surface area contributed by atoms with Crippen molar-refractivity contribution >= 4 is 21.6 Å². The van der Waals surface area contributed by atoms with Crippen molar-refractivity contribution < 1.29 is 13.2 Å². The minimum absolute atomic E-state index is 0.549. The zero-order valence-electron chi connectivity index (χ0n) is 13.1. The Morgan fingerprint density at radius 3 is 2.32 bits per heavy atom. The lowest BCUT2D eigenvalue weighted by molar-refractivity contribution is 0.0398. The van der Waals surface area contributed by atoms with Gasteiger partial charge in [-0.3, -0.25) is 9.62 Å². The third-order valence-corrected chi connectivity index (χ3v) is 4.93. The van der Waals surface area contributed by atoms with Gasteiger partial charge in [-0.1, -0.05) is 0 Å². The Balaban J connectivity index is 1.79. The van der Waals surface area contributed by atoms with E-state index in [0.29, 0.717) is 5.69 Å². The summed E-state index contributed by atoms with van der Waals surface area (Å²) in [7, 11) is -0.471. The van der Waals surface area contributed by atoms with E-state index < -0.39 is 10.2 Å². The van der Waals surface area contributed by atoms with E-state index in [-0.39, 0.29) is 0 Å². The van der Waals surface area contributed by atoms with Crippen LogP contribution < -0.4 is 10.0 Å². The van der Waals surface area contributed by atoms with Crippen LogP contribution in [0.2, 0.25) is 0 Å². The molecule has 0 amide bonds. The van der Waals surface area contributed by atoms with Crippen molar-refractivity contribution in [1.29, 1.82) is 0 Å². The summed E-state index contributed by atoms with van der Waals surface area (Å²) in [5.74, 6) is 0. The quantitative estimate of drug-likeness (QED) is 0.769. The van der Waals surface area contributed by atoms with E-state index in [1.165, 1.54) is 14.1 Å². The molecule has 8 heteroatoms. The van der Waals surface area contributed by atoms with E-state index in [9.17, 15) is 8.42 Å². The molecule has 2 N–H and O–H groups in total. The van der Waals surface area contributed by atoms with Gasteiger partial charge in [-0.15, -0.1) is 0 Å². The highest BCUT2D eigenvalue weighted by atomic mass is 32.2. The number of morpholine rings is 1. The largest absolute Gasteiger partial charge is 0.384 e. The molecule has 1 heterocycles. The number of hydrogen-bond acceptors (Lipinski definition) is 5. The van der Waals surface area contributed by atoms with Crippen molar-refractivity contribution in [3.8, 4) is 0 Å². The maximum Gasteiger partial charge on any atom is 0.301 e. The van der Waals surface area contributed by atoms with Gasteiger partial charge in [0.15, 0.2) is 0 Å². The van der Waals surface area contributed by atoms with Crippen molar-refractivity contribution in [2.45, 2.75) is 0 Å². The second-order valence-electron chi connectivity index (χ2n) is 5.35. The summed E-state index contributed by atoms with van der Waals surface area (Å²) < 4.78 is 32.4. The zero-order chi connectivity index (χ0) is 16.0. The van der Waals surface area contributed by atoms with Crippen LogP contribution in [-0.2, 0) is 14.9 Å². The molecular formula is C14H24N4O3S. The molecule has 0 atom stereocenters. The maximum absolute atomic E-state index is 11.7. The Labute approximate surface area is 132 Å². The van der Waals surface area contributed by atoms with E-state index in [2.05, 4.69) is 14.9 Å². The minimum Gasteiger partial charge on any atom is -0.384 e. The summed E-state index contributed by atoms with van der Waals surface area (Å²) in [4.78, 5) is 2.36. The molecular weight excluding hydrogens is 304 g/mol. The molecule has 0 bridgehead atoms. The number of hydrogen-bond donors (Lipinski definition) is 2. The number of anilines is 2. The molecule has 1 fully saturated rings. The van der Waals surface area contributed by atoms with Gasteiger partial charge >= 0.3 is 10.2 Å². The highest BCUT2D eigenvalue weighted by molar-refractivity contribution is 7.90. The molecule has 1 saturated heterocycles. The van der Waals surface area contributed by atoms with E-state index in [1.807, 2.05) is 12.1 Å². The Hall–Kier alpha value is -1.35. The molecule has 1 aliphatic rings. The van der Waals surface area contributed by atoms with Crippen LogP contribution in [0, 0.1) is 0 Å². The van der Waals surface area contributed by atoms with Crippen LogP contribution in [0.15, 0.2) is 24.3 Å². The number of nitrogens with zero attached hydrogens (tertiary/aromatic N) is 2. The van der Waals surface area contributed by atoms with Crippen LogP contribution in [0.4, 0.5) is 11.4 Å². The summed E-state index contributed by atoms with van der Waals surface area (Å²) in [6.45, 7) is 5.39. The van der Waals surface area contributed by atoms with Crippen LogP contribution >= 0.6 is 0 Å². The molecule has 0 spiro atoms. The van der Waals surface area contributed by atoms with E-state index >= 15 is 0 Å². The number of ether oxygens (including phenoxy) is 1. The summed E-state index contributed by atoms with van der Waals surface area (Å²) in [5.41, 5.74) is 1.52. The number of rotatable bonds is 7. The second kappa shape index (κ2) is 7.77. The smallest absolute Gasteiger partial charge is 0.301 e. The van der Waals surface area contributed by atoms with Gasteiger partial charge in [-0.2, -0.15) is 12.7 Å². The lowest BCUT2D eigenvalue weighted by atomic mass is 10.3. The van der Waals surface area contributed by atoms with E-state index in [4.69, 9.17) is 4.74 Å². The van der Waals surface area contributed by atoms with Crippen molar-refractivity contribution in [3.05, 3.63) is 24.3 Å². The molecule has 7 nitrogen and oxygen atoms in total. The van der Waals surface area contributed by atoms with Gasteiger partial charge in [0.2, 0.25) is 0 Å². The second-order valence-corrected chi connectivity index (χ2v) is 7.23. The Morgan fingerprint density at radius 1 is 1.14 bits per heavy atom. The molecule has 0 saturated carbocycles.